The van der Waals surface area contributed by atoms with E-state index in [-0.39, 0.29) is 0 Å². The number of hydrogen-bond donors (Lipinski definition) is 1. The van der Waals surface area contributed by atoms with Gasteiger partial charge in [0.1, 0.15) is 0 Å². The van der Waals surface area contributed by atoms with Gasteiger partial charge in [0, 0.05) is 0 Å². The lowest BCUT2D eigenvalue weighted by Gasteiger charge is -2.33. The van der Waals surface area contributed by atoms with Gasteiger partial charge in [0.2, 0.25) is 0 Å². The second-order valence-corrected chi connectivity index (χ2v) is 3.25. The molecule has 0 radical (unpaired) electrons. The molecule has 0 spiro atoms. The Hall–Kier alpha value is -0.510. The average Bonchev–Trinajstić information content (AvgIpc) is 1.97. The van der Waals surface area contributed by atoms with Crippen LogP contribution in [0.2, 0.25) is 0 Å². The van der Waals surface area contributed by atoms with E-state index in [1.807, 2.05) is 0 Å². The first-order valence-corrected chi connectivity index (χ1v) is 3.69. The summed E-state index contributed by atoms with van der Waals surface area (Å²) in [5, 5.41) is 7.34. The maximum absolute atomic E-state index is 12.4. The Bertz CT molecular complexity index is 274. The maximum atomic E-state index is 12.4. The number of rotatable bonds is 3. The lowest BCUT2D eigenvalue weighted by molar-refractivity contribution is -0.191. The molecule has 0 aliphatic rings. The lowest BCUT2D eigenvalue weighted by atomic mass is 9.96. The van der Waals surface area contributed by atoms with Crippen LogP contribution >= 0.6 is 23.2 Å². The third-order valence-corrected chi connectivity index (χ3v) is 1.94. The van der Waals surface area contributed by atoms with Crippen LogP contribution in [0.3, 0.4) is 0 Å². The molecular formula is C6H3Cl2F4NO. The second kappa shape index (κ2) is 3.57. The van der Waals surface area contributed by atoms with E-state index in [0.717, 1.165) is 6.07 Å². The first-order valence-electron chi connectivity index (χ1n) is 2.93. The molecule has 0 fully saturated rings. The van der Waals surface area contributed by atoms with Crippen LogP contribution in [0.15, 0.2) is 12.2 Å². The minimum Gasteiger partial charge on any atom is -0.371 e. The van der Waals surface area contributed by atoms with E-state index in [1.54, 1.807) is 0 Å². The molecule has 1 N–H and O–H groups in total. The van der Waals surface area contributed by atoms with Gasteiger partial charge in [-0.2, -0.15) is 22.8 Å². The van der Waals surface area contributed by atoms with Crippen LogP contribution in [0, 0.1) is 11.3 Å². The van der Waals surface area contributed by atoms with Gasteiger partial charge in [0.15, 0.2) is 0 Å². The molecule has 8 heteroatoms. The van der Waals surface area contributed by atoms with Crippen molar-refractivity contribution in [3.8, 4) is 6.07 Å². The van der Waals surface area contributed by atoms with Crippen LogP contribution in [0.4, 0.5) is 17.6 Å². The van der Waals surface area contributed by atoms with Gasteiger partial charge in [-0.05, 0) is 23.2 Å². The lowest BCUT2D eigenvalue weighted by Crippen LogP contribution is -2.56. The predicted molar refractivity (Wildman–Crippen MR) is 41.3 cm³/mol. The first-order chi connectivity index (χ1) is 5.98. The molecular weight excluding hydrogens is 249 g/mol. The van der Waals surface area contributed by atoms with Crippen molar-refractivity contribution in [3.63, 3.8) is 0 Å². The number of nitrogens with zero attached hydrogens (tertiary/aromatic N) is 1. The summed E-state index contributed by atoms with van der Waals surface area (Å²) in [4.78, 5) is 0. The fourth-order valence-electron chi connectivity index (χ4n) is 0.584. The van der Waals surface area contributed by atoms with E-state index in [2.05, 4.69) is 29.8 Å². The zero-order valence-corrected chi connectivity index (χ0v) is 7.88. The van der Waals surface area contributed by atoms with E-state index >= 15 is 0 Å². The van der Waals surface area contributed by atoms with Crippen molar-refractivity contribution >= 4 is 23.2 Å². The smallest absolute Gasteiger partial charge is 0.362 e. The average molecular weight is 252 g/mol. The Morgan fingerprint density at radius 3 is 1.57 bits per heavy atom. The Kier molecular flexibility index (Phi) is 3.44. The Morgan fingerprint density at radius 2 is 1.50 bits per heavy atom. The Labute approximate surface area is 86.3 Å². The fourth-order valence-corrected chi connectivity index (χ4v) is 1.10. The minimum atomic E-state index is -4.81. The number of hydrogen-bond acceptors (Lipinski definition) is 2. The molecule has 0 atom stereocenters. The SMILES string of the molecule is C=C(C#N)C(O)(C(F)(F)Cl)C(F)(F)Cl. The van der Waals surface area contributed by atoms with E-state index < -0.39 is 21.9 Å². The van der Waals surface area contributed by atoms with Crippen LogP contribution in [-0.2, 0) is 0 Å². The largest absolute Gasteiger partial charge is 0.371 e. The molecule has 14 heavy (non-hydrogen) atoms. The van der Waals surface area contributed by atoms with Gasteiger partial charge in [-0.1, -0.05) is 6.58 Å². The molecule has 80 valence electrons. The summed E-state index contributed by atoms with van der Waals surface area (Å²) in [6.07, 6.45) is 0. The van der Waals surface area contributed by atoms with Crippen molar-refractivity contribution in [1.82, 2.24) is 0 Å². The summed E-state index contributed by atoms with van der Waals surface area (Å²) in [5.41, 5.74) is -5.84. The highest BCUT2D eigenvalue weighted by molar-refractivity contribution is 6.27. The van der Waals surface area contributed by atoms with Gasteiger partial charge in [-0.25, -0.2) is 0 Å². The Balaban J connectivity index is 5.55. The first kappa shape index (κ1) is 13.5. The third kappa shape index (κ3) is 1.95. The highest BCUT2D eigenvalue weighted by atomic mass is 35.5. The van der Waals surface area contributed by atoms with Crippen molar-refractivity contribution in [2.45, 2.75) is 16.4 Å². The monoisotopic (exact) mass is 251 g/mol. The second-order valence-electron chi connectivity index (χ2n) is 2.30. The summed E-state index contributed by atoms with van der Waals surface area (Å²) in [6, 6.07) is 0.845. The standard InChI is InChI=1S/C6H3Cl2F4NO/c1-3(2-13)4(14,5(7,9)10)6(8,11)12/h14H,1H2. The van der Waals surface area contributed by atoms with E-state index in [9.17, 15) is 17.6 Å². The van der Waals surface area contributed by atoms with Crippen molar-refractivity contribution in [2.75, 3.05) is 0 Å². The number of alkyl halides is 6. The van der Waals surface area contributed by atoms with Gasteiger partial charge >= 0.3 is 10.8 Å². The van der Waals surface area contributed by atoms with Crippen LogP contribution in [0.25, 0.3) is 0 Å². The molecule has 0 rings (SSSR count). The van der Waals surface area contributed by atoms with Crippen LogP contribution in [0.1, 0.15) is 0 Å². The summed E-state index contributed by atoms with van der Waals surface area (Å²) >= 11 is 8.48. The maximum Gasteiger partial charge on any atom is 0.362 e. The van der Waals surface area contributed by atoms with Crippen LogP contribution < -0.4 is 0 Å². The summed E-state index contributed by atoms with van der Waals surface area (Å²) in [6.45, 7) is 2.54. The molecule has 0 saturated carbocycles. The van der Waals surface area contributed by atoms with Crippen molar-refractivity contribution in [2.24, 2.45) is 0 Å². The summed E-state index contributed by atoms with van der Waals surface area (Å²) in [7, 11) is 0. The minimum absolute atomic E-state index is 0.845. The van der Waals surface area contributed by atoms with Crippen LogP contribution in [-0.4, -0.2) is 21.5 Å². The van der Waals surface area contributed by atoms with Gasteiger partial charge in [-0.15, -0.1) is 0 Å². The molecule has 0 saturated heterocycles. The number of aliphatic hydroxyl groups is 1. The van der Waals surface area contributed by atoms with Crippen molar-refractivity contribution in [3.05, 3.63) is 12.2 Å². The molecule has 2 nitrogen and oxygen atoms in total. The Morgan fingerprint density at radius 1 is 1.21 bits per heavy atom. The van der Waals surface area contributed by atoms with Gasteiger partial charge in [-0.3, -0.25) is 0 Å². The summed E-state index contributed by atoms with van der Waals surface area (Å²) in [5.74, 6) is 0. The molecule has 0 heterocycles. The predicted octanol–water partition coefficient (Wildman–Crippen LogP) is 2.46. The number of nitriles is 1. The van der Waals surface area contributed by atoms with E-state index in [4.69, 9.17) is 10.4 Å². The van der Waals surface area contributed by atoms with E-state index in [1.165, 1.54) is 0 Å². The van der Waals surface area contributed by atoms with Crippen molar-refractivity contribution in [1.29, 1.82) is 5.26 Å². The molecule has 0 amide bonds. The molecule has 0 aliphatic carbocycles. The quantitative estimate of drug-likeness (QED) is 0.476. The third-order valence-electron chi connectivity index (χ3n) is 1.39. The van der Waals surface area contributed by atoms with Gasteiger partial charge in [0.05, 0.1) is 11.6 Å². The van der Waals surface area contributed by atoms with Gasteiger partial charge < -0.3 is 5.11 Å². The zero-order valence-electron chi connectivity index (χ0n) is 6.37. The molecule has 0 unspecified atom stereocenters. The highest BCUT2D eigenvalue weighted by Crippen LogP contribution is 2.49. The molecule has 0 aromatic carbocycles. The van der Waals surface area contributed by atoms with Crippen molar-refractivity contribution < 1.29 is 22.7 Å². The normalized spacial score (nSPS) is 13.6. The molecule has 0 bridgehead atoms. The summed E-state index contributed by atoms with van der Waals surface area (Å²) < 4.78 is 49.8. The van der Waals surface area contributed by atoms with Gasteiger partial charge in [0.25, 0.3) is 5.60 Å². The fraction of sp³-hybridized carbons (Fsp3) is 0.500. The molecule has 0 aromatic rings. The number of halogens is 6. The topological polar surface area (TPSA) is 44.0 Å². The van der Waals surface area contributed by atoms with Crippen LogP contribution in [0.5, 0.6) is 0 Å². The van der Waals surface area contributed by atoms with E-state index in [0.29, 0.717) is 0 Å². The highest BCUT2D eigenvalue weighted by Gasteiger charge is 2.68. The zero-order chi connectivity index (χ0) is 11.8. The molecule has 0 aliphatic heterocycles. The molecule has 0 aromatic heterocycles.